The molecule has 1 unspecified atom stereocenters. The Labute approximate surface area is 175 Å². The minimum Gasteiger partial charge on any atom is -0.339 e. The SMILES string of the molecule is Cc1ccc(S(=O)(=O)N2CCN(C(=O)CNC(C)c3ccc(F)c(F)c3)CC2)cc1. The summed E-state index contributed by atoms with van der Waals surface area (Å²) in [6.45, 7) is 4.71. The van der Waals surface area contributed by atoms with Crippen LogP contribution in [0, 0.1) is 18.6 Å². The van der Waals surface area contributed by atoms with E-state index in [1.54, 1.807) is 36.1 Å². The largest absolute Gasteiger partial charge is 0.339 e. The van der Waals surface area contributed by atoms with Crippen LogP contribution in [0.15, 0.2) is 47.4 Å². The zero-order valence-electron chi connectivity index (χ0n) is 16.9. The van der Waals surface area contributed by atoms with Crippen molar-refractivity contribution in [1.82, 2.24) is 14.5 Å². The van der Waals surface area contributed by atoms with E-state index in [4.69, 9.17) is 0 Å². The molecule has 1 fully saturated rings. The molecule has 6 nitrogen and oxygen atoms in total. The molecule has 0 aliphatic carbocycles. The van der Waals surface area contributed by atoms with Crippen LogP contribution in [0.4, 0.5) is 8.78 Å². The quantitative estimate of drug-likeness (QED) is 0.754. The lowest BCUT2D eigenvalue weighted by atomic mass is 10.1. The molecule has 1 aliphatic heterocycles. The topological polar surface area (TPSA) is 69.7 Å². The molecule has 9 heteroatoms. The van der Waals surface area contributed by atoms with Gasteiger partial charge in [-0.05, 0) is 43.7 Å². The molecule has 162 valence electrons. The highest BCUT2D eigenvalue weighted by Gasteiger charge is 2.30. The second kappa shape index (κ2) is 9.20. The Balaban J connectivity index is 1.52. The van der Waals surface area contributed by atoms with Crippen LogP contribution >= 0.6 is 0 Å². The van der Waals surface area contributed by atoms with Crippen LogP contribution in [0.1, 0.15) is 24.1 Å². The minimum atomic E-state index is -3.58. The average molecular weight is 438 g/mol. The van der Waals surface area contributed by atoms with Crippen LogP contribution in [0.2, 0.25) is 0 Å². The molecule has 1 heterocycles. The van der Waals surface area contributed by atoms with Gasteiger partial charge in [0, 0.05) is 32.2 Å². The summed E-state index contributed by atoms with van der Waals surface area (Å²) in [7, 11) is -3.58. The third kappa shape index (κ3) is 5.03. The number of nitrogens with one attached hydrogen (secondary N) is 1. The second-order valence-corrected chi connectivity index (χ2v) is 9.31. The third-order valence-electron chi connectivity index (χ3n) is 5.25. The number of rotatable bonds is 6. The predicted octanol–water partition coefficient (Wildman–Crippen LogP) is 2.46. The number of hydrogen-bond acceptors (Lipinski definition) is 4. The van der Waals surface area contributed by atoms with Crippen LogP contribution in [0.3, 0.4) is 0 Å². The Morgan fingerprint density at radius 3 is 2.27 bits per heavy atom. The summed E-state index contributed by atoms with van der Waals surface area (Å²) in [6, 6.07) is 9.98. The highest BCUT2D eigenvalue weighted by molar-refractivity contribution is 7.89. The Morgan fingerprint density at radius 2 is 1.67 bits per heavy atom. The number of aryl methyl sites for hydroxylation is 1. The molecule has 1 aliphatic rings. The Hall–Kier alpha value is -2.36. The van der Waals surface area contributed by atoms with Gasteiger partial charge in [-0.1, -0.05) is 23.8 Å². The van der Waals surface area contributed by atoms with E-state index in [2.05, 4.69) is 5.32 Å². The van der Waals surface area contributed by atoms with E-state index in [9.17, 15) is 22.0 Å². The van der Waals surface area contributed by atoms with E-state index in [0.717, 1.165) is 17.7 Å². The molecule has 1 amide bonds. The third-order valence-corrected chi connectivity index (χ3v) is 7.17. The normalized spacial score (nSPS) is 16.5. The second-order valence-electron chi connectivity index (χ2n) is 7.37. The molecule has 2 aromatic carbocycles. The zero-order chi connectivity index (χ0) is 21.9. The Bertz CT molecular complexity index is 1000. The van der Waals surface area contributed by atoms with Gasteiger partial charge in [0.1, 0.15) is 0 Å². The maximum Gasteiger partial charge on any atom is 0.243 e. The fraction of sp³-hybridized carbons (Fsp3) is 0.381. The zero-order valence-corrected chi connectivity index (χ0v) is 17.8. The van der Waals surface area contributed by atoms with Crippen molar-refractivity contribution < 1.29 is 22.0 Å². The highest BCUT2D eigenvalue weighted by Crippen LogP contribution is 2.19. The van der Waals surface area contributed by atoms with Gasteiger partial charge in [0.25, 0.3) is 0 Å². The number of carbonyl (C=O) groups excluding carboxylic acids is 1. The Morgan fingerprint density at radius 1 is 1.03 bits per heavy atom. The molecule has 3 rings (SSSR count). The molecule has 0 saturated carbocycles. The lowest BCUT2D eigenvalue weighted by Crippen LogP contribution is -2.52. The molecule has 0 radical (unpaired) electrons. The van der Waals surface area contributed by atoms with Crippen LogP contribution in [-0.2, 0) is 14.8 Å². The van der Waals surface area contributed by atoms with Crippen molar-refractivity contribution >= 4 is 15.9 Å². The standard InChI is InChI=1S/C21H25F2N3O3S/c1-15-3-6-18(7-4-15)30(28,29)26-11-9-25(10-12-26)21(27)14-24-16(2)17-5-8-19(22)20(23)13-17/h3-8,13,16,24H,9-12,14H2,1-2H3. The molecule has 0 aromatic heterocycles. The molecule has 0 bridgehead atoms. The first-order valence-corrected chi connectivity index (χ1v) is 11.2. The molecule has 30 heavy (non-hydrogen) atoms. The summed E-state index contributed by atoms with van der Waals surface area (Å²) in [5.41, 5.74) is 1.52. The Kier molecular flexibility index (Phi) is 6.84. The fourth-order valence-electron chi connectivity index (χ4n) is 3.29. The maximum atomic E-state index is 13.4. The van der Waals surface area contributed by atoms with Gasteiger partial charge in [-0.2, -0.15) is 4.31 Å². The van der Waals surface area contributed by atoms with Crippen LogP contribution < -0.4 is 5.32 Å². The summed E-state index contributed by atoms with van der Waals surface area (Å²) in [6.07, 6.45) is 0. The number of carbonyl (C=O) groups is 1. The van der Waals surface area contributed by atoms with Gasteiger partial charge in [-0.3, -0.25) is 4.79 Å². The number of sulfonamides is 1. The molecule has 1 saturated heterocycles. The molecular formula is C21H25F2N3O3S. The van der Waals surface area contributed by atoms with E-state index in [1.165, 1.54) is 10.4 Å². The van der Waals surface area contributed by atoms with Crippen LogP contribution in [0.5, 0.6) is 0 Å². The van der Waals surface area contributed by atoms with Crippen molar-refractivity contribution in [1.29, 1.82) is 0 Å². The van der Waals surface area contributed by atoms with Crippen LogP contribution in [-0.4, -0.2) is 56.3 Å². The average Bonchev–Trinajstić information content (AvgIpc) is 2.74. The molecular weight excluding hydrogens is 412 g/mol. The van der Waals surface area contributed by atoms with Crippen molar-refractivity contribution in [3.8, 4) is 0 Å². The summed E-state index contributed by atoms with van der Waals surface area (Å²) in [5.74, 6) is -2.02. The van der Waals surface area contributed by atoms with E-state index in [1.807, 2.05) is 6.92 Å². The number of amides is 1. The van der Waals surface area contributed by atoms with Gasteiger partial charge in [0.2, 0.25) is 15.9 Å². The number of halogens is 2. The highest BCUT2D eigenvalue weighted by atomic mass is 32.2. The van der Waals surface area contributed by atoms with Gasteiger partial charge >= 0.3 is 0 Å². The van der Waals surface area contributed by atoms with Gasteiger partial charge < -0.3 is 10.2 Å². The number of hydrogen-bond donors (Lipinski definition) is 1. The summed E-state index contributed by atoms with van der Waals surface area (Å²) < 4.78 is 53.3. The van der Waals surface area contributed by atoms with E-state index < -0.39 is 21.7 Å². The summed E-state index contributed by atoms with van der Waals surface area (Å²) >= 11 is 0. The van der Waals surface area contributed by atoms with Crippen molar-refractivity contribution in [3.63, 3.8) is 0 Å². The van der Waals surface area contributed by atoms with Gasteiger partial charge in [0.15, 0.2) is 11.6 Å². The smallest absolute Gasteiger partial charge is 0.243 e. The van der Waals surface area contributed by atoms with Crippen molar-refractivity contribution in [2.45, 2.75) is 24.8 Å². The van der Waals surface area contributed by atoms with Crippen molar-refractivity contribution in [2.75, 3.05) is 32.7 Å². The van der Waals surface area contributed by atoms with Crippen molar-refractivity contribution in [2.24, 2.45) is 0 Å². The first-order chi connectivity index (χ1) is 14.2. The number of piperazine rings is 1. The molecule has 2 aromatic rings. The van der Waals surface area contributed by atoms with E-state index in [0.29, 0.717) is 18.7 Å². The lowest BCUT2D eigenvalue weighted by molar-refractivity contribution is -0.131. The fourth-order valence-corrected chi connectivity index (χ4v) is 4.71. The first kappa shape index (κ1) is 22.3. The number of benzene rings is 2. The molecule has 1 atom stereocenters. The lowest BCUT2D eigenvalue weighted by Gasteiger charge is -2.34. The molecule has 0 spiro atoms. The van der Waals surface area contributed by atoms with Crippen LogP contribution in [0.25, 0.3) is 0 Å². The predicted molar refractivity (Wildman–Crippen MR) is 109 cm³/mol. The van der Waals surface area contributed by atoms with E-state index >= 15 is 0 Å². The van der Waals surface area contributed by atoms with Gasteiger partial charge in [0.05, 0.1) is 11.4 Å². The first-order valence-electron chi connectivity index (χ1n) is 9.71. The molecule has 1 N–H and O–H groups in total. The maximum absolute atomic E-state index is 13.4. The summed E-state index contributed by atoms with van der Waals surface area (Å²) in [5, 5.41) is 3.00. The number of nitrogens with zero attached hydrogens (tertiary/aromatic N) is 2. The van der Waals surface area contributed by atoms with Gasteiger partial charge in [-0.25, -0.2) is 17.2 Å². The monoisotopic (exact) mass is 437 g/mol. The summed E-state index contributed by atoms with van der Waals surface area (Å²) in [4.78, 5) is 14.3. The van der Waals surface area contributed by atoms with Crippen molar-refractivity contribution in [3.05, 3.63) is 65.2 Å². The van der Waals surface area contributed by atoms with E-state index in [-0.39, 0.29) is 36.5 Å². The minimum absolute atomic E-state index is 0.0187. The van der Waals surface area contributed by atoms with Gasteiger partial charge in [-0.15, -0.1) is 0 Å².